The Hall–Kier alpha value is -2.00. The fraction of sp³-hybridized carbons (Fsp3) is 0.333. The van der Waals surface area contributed by atoms with Gasteiger partial charge in [-0.1, -0.05) is 17.7 Å². The molecule has 1 unspecified atom stereocenters. The summed E-state index contributed by atoms with van der Waals surface area (Å²) in [5, 5.41) is 10.4. The van der Waals surface area contributed by atoms with Crippen LogP contribution in [-0.4, -0.2) is 18.8 Å². The lowest BCUT2D eigenvalue weighted by Gasteiger charge is -2.17. The van der Waals surface area contributed by atoms with Gasteiger partial charge < -0.3 is 14.6 Å². The fourth-order valence-corrected chi connectivity index (χ4v) is 2.40. The molecule has 0 heterocycles. The molecule has 21 heavy (non-hydrogen) atoms. The van der Waals surface area contributed by atoms with Gasteiger partial charge in [0, 0.05) is 5.56 Å². The maximum Gasteiger partial charge on any atom is 0.124 e. The van der Waals surface area contributed by atoms with Crippen LogP contribution >= 0.6 is 0 Å². The minimum atomic E-state index is -0.722. The number of aryl methyl sites for hydroxylation is 3. The van der Waals surface area contributed by atoms with Gasteiger partial charge in [-0.25, -0.2) is 0 Å². The van der Waals surface area contributed by atoms with Crippen LogP contribution < -0.4 is 9.47 Å². The van der Waals surface area contributed by atoms with Crippen LogP contribution in [0.3, 0.4) is 0 Å². The predicted octanol–water partition coefficient (Wildman–Crippen LogP) is 3.73. The van der Waals surface area contributed by atoms with Gasteiger partial charge in [0.1, 0.15) is 24.2 Å². The highest BCUT2D eigenvalue weighted by atomic mass is 16.5. The van der Waals surface area contributed by atoms with Crippen molar-refractivity contribution in [2.75, 3.05) is 13.7 Å². The molecule has 0 aliphatic heterocycles. The average Bonchev–Trinajstić information content (AvgIpc) is 2.43. The largest absolute Gasteiger partial charge is 0.496 e. The Kier molecular flexibility index (Phi) is 4.86. The molecule has 2 aromatic carbocycles. The first-order valence-electron chi connectivity index (χ1n) is 7.03. The predicted molar refractivity (Wildman–Crippen MR) is 84.1 cm³/mol. The summed E-state index contributed by atoms with van der Waals surface area (Å²) < 4.78 is 11.0. The van der Waals surface area contributed by atoms with Gasteiger partial charge in [0.25, 0.3) is 0 Å². The number of rotatable bonds is 5. The van der Waals surface area contributed by atoms with E-state index in [1.165, 1.54) is 0 Å². The molecule has 2 rings (SSSR count). The molecular formula is C18H22O3. The molecule has 1 N–H and O–H groups in total. The van der Waals surface area contributed by atoms with Gasteiger partial charge in [0.05, 0.1) is 7.11 Å². The van der Waals surface area contributed by atoms with E-state index in [-0.39, 0.29) is 6.61 Å². The standard InChI is InChI=1S/C18H22O3/c1-12-5-6-18(20-4)16(10-12)17(19)11-21-15-8-13(2)7-14(3)9-15/h5-10,17,19H,11H2,1-4H3. The lowest BCUT2D eigenvalue weighted by molar-refractivity contribution is 0.105. The highest BCUT2D eigenvalue weighted by Crippen LogP contribution is 2.27. The molecule has 0 aliphatic rings. The van der Waals surface area contributed by atoms with Crippen LogP contribution in [0.5, 0.6) is 11.5 Å². The van der Waals surface area contributed by atoms with Crippen molar-refractivity contribution in [2.45, 2.75) is 26.9 Å². The summed E-state index contributed by atoms with van der Waals surface area (Å²) >= 11 is 0. The smallest absolute Gasteiger partial charge is 0.124 e. The maximum absolute atomic E-state index is 10.4. The van der Waals surface area contributed by atoms with E-state index in [9.17, 15) is 5.11 Å². The molecule has 0 bridgehead atoms. The SMILES string of the molecule is COc1ccc(C)cc1C(O)COc1cc(C)cc(C)c1. The third-order valence-electron chi connectivity index (χ3n) is 3.35. The molecule has 112 valence electrons. The van der Waals surface area contributed by atoms with Gasteiger partial charge in [-0.2, -0.15) is 0 Å². The van der Waals surface area contributed by atoms with Gasteiger partial charge in [-0.3, -0.25) is 0 Å². The number of aliphatic hydroxyl groups excluding tert-OH is 1. The quantitative estimate of drug-likeness (QED) is 0.910. The molecular weight excluding hydrogens is 264 g/mol. The van der Waals surface area contributed by atoms with Crippen molar-refractivity contribution in [3.63, 3.8) is 0 Å². The Balaban J connectivity index is 2.11. The summed E-state index contributed by atoms with van der Waals surface area (Å²) in [5.74, 6) is 1.45. The molecule has 0 radical (unpaired) electrons. The van der Waals surface area contributed by atoms with E-state index in [0.29, 0.717) is 5.75 Å². The van der Waals surface area contributed by atoms with Gasteiger partial charge >= 0.3 is 0 Å². The zero-order valence-corrected chi connectivity index (χ0v) is 13.0. The van der Waals surface area contributed by atoms with Crippen LogP contribution in [0.2, 0.25) is 0 Å². The first kappa shape index (κ1) is 15.4. The lowest BCUT2D eigenvalue weighted by Crippen LogP contribution is -2.11. The molecule has 3 heteroatoms. The monoisotopic (exact) mass is 286 g/mol. The average molecular weight is 286 g/mol. The third kappa shape index (κ3) is 3.99. The number of hydrogen-bond donors (Lipinski definition) is 1. The number of hydrogen-bond acceptors (Lipinski definition) is 3. The topological polar surface area (TPSA) is 38.7 Å². The van der Waals surface area contributed by atoms with E-state index < -0.39 is 6.10 Å². The minimum Gasteiger partial charge on any atom is -0.496 e. The van der Waals surface area contributed by atoms with Crippen LogP contribution in [0, 0.1) is 20.8 Å². The Morgan fingerprint density at radius 3 is 2.24 bits per heavy atom. The number of ether oxygens (including phenoxy) is 2. The Morgan fingerprint density at radius 2 is 1.62 bits per heavy atom. The third-order valence-corrected chi connectivity index (χ3v) is 3.35. The summed E-state index contributed by atoms with van der Waals surface area (Å²) in [4.78, 5) is 0. The summed E-state index contributed by atoms with van der Waals surface area (Å²) in [5.41, 5.74) is 4.12. The van der Waals surface area contributed by atoms with Crippen molar-refractivity contribution in [1.29, 1.82) is 0 Å². The summed E-state index contributed by atoms with van der Waals surface area (Å²) in [7, 11) is 1.60. The molecule has 1 atom stereocenters. The van der Waals surface area contributed by atoms with E-state index >= 15 is 0 Å². The molecule has 0 aromatic heterocycles. The molecule has 3 nitrogen and oxygen atoms in total. The van der Waals surface area contributed by atoms with Gasteiger partial charge in [0.2, 0.25) is 0 Å². The minimum absolute atomic E-state index is 0.197. The van der Waals surface area contributed by atoms with Crippen molar-refractivity contribution in [3.8, 4) is 11.5 Å². The Labute approximate surface area is 126 Å². The van der Waals surface area contributed by atoms with E-state index in [4.69, 9.17) is 9.47 Å². The molecule has 0 fully saturated rings. The molecule has 2 aromatic rings. The van der Waals surface area contributed by atoms with Crippen molar-refractivity contribution in [2.24, 2.45) is 0 Å². The lowest BCUT2D eigenvalue weighted by atomic mass is 10.1. The first-order chi connectivity index (χ1) is 9.99. The van der Waals surface area contributed by atoms with Crippen molar-refractivity contribution in [1.82, 2.24) is 0 Å². The zero-order valence-electron chi connectivity index (χ0n) is 13.0. The van der Waals surface area contributed by atoms with Crippen LogP contribution in [0.1, 0.15) is 28.4 Å². The molecule has 0 saturated carbocycles. The summed E-state index contributed by atoms with van der Waals surface area (Å²) in [6.07, 6.45) is -0.722. The zero-order chi connectivity index (χ0) is 15.4. The van der Waals surface area contributed by atoms with Crippen LogP contribution in [-0.2, 0) is 0 Å². The molecule has 0 aliphatic carbocycles. The molecule has 0 saturated heterocycles. The summed E-state index contributed by atoms with van der Waals surface area (Å²) in [6, 6.07) is 11.8. The maximum atomic E-state index is 10.4. The Bertz CT molecular complexity index is 600. The highest BCUT2D eigenvalue weighted by Gasteiger charge is 2.14. The van der Waals surface area contributed by atoms with E-state index in [1.54, 1.807) is 7.11 Å². The second kappa shape index (κ2) is 6.64. The van der Waals surface area contributed by atoms with Crippen molar-refractivity contribution < 1.29 is 14.6 Å². The molecule has 0 amide bonds. The van der Waals surface area contributed by atoms with E-state index in [0.717, 1.165) is 28.0 Å². The number of benzene rings is 2. The van der Waals surface area contributed by atoms with Crippen LogP contribution in [0.15, 0.2) is 36.4 Å². The van der Waals surface area contributed by atoms with E-state index in [1.807, 2.05) is 51.1 Å². The first-order valence-corrected chi connectivity index (χ1v) is 7.03. The normalized spacial score (nSPS) is 12.0. The second-order valence-electron chi connectivity index (χ2n) is 5.40. The van der Waals surface area contributed by atoms with Gasteiger partial charge in [0.15, 0.2) is 0 Å². The van der Waals surface area contributed by atoms with Crippen molar-refractivity contribution in [3.05, 3.63) is 58.7 Å². The van der Waals surface area contributed by atoms with Crippen LogP contribution in [0.4, 0.5) is 0 Å². The fourth-order valence-electron chi connectivity index (χ4n) is 2.40. The summed E-state index contributed by atoms with van der Waals surface area (Å²) in [6.45, 7) is 6.24. The van der Waals surface area contributed by atoms with E-state index in [2.05, 4.69) is 6.07 Å². The number of aliphatic hydroxyl groups is 1. The van der Waals surface area contributed by atoms with Gasteiger partial charge in [-0.15, -0.1) is 0 Å². The second-order valence-corrected chi connectivity index (χ2v) is 5.40. The Morgan fingerprint density at radius 1 is 0.952 bits per heavy atom. The van der Waals surface area contributed by atoms with Gasteiger partial charge in [-0.05, 0) is 56.2 Å². The van der Waals surface area contributed by atoms with Crippen LogP contribution in [0.25, 0.3) is 0 Å². The van der Waals surface area contributed by atoms with Crippen molar-refractivity contribution >= 4 is 0 Å². The molecule has 0 spiro atoms. The highest BCUT2D eigenvalue weighted by molar-refractivity contribution is 5.39. The number of methoxy groups -OCH3 is 1.